The molecule has 2 aromatic carbocycles. The van der Waals surface area contributed by atoms with E-state index in [-0.39, 0.29) is 52.5 Å². The van der Waals surface area contributed by atoms with Crippen LogP contribution in [0.25, 0.3) is 11.0 Å². The first-order valence-electron chi connectivity index (χ1n) is 13.2. The van der Waals surface area contributed by atoms with Gasteiger partial charge < -0.3 is 23.5 Å². The number of nitrogens with zero attached hydrogens (tertiary/aromatic N) is 3. The van der Waals surface area contributed by atoms with Crippen LogP contribution in [0.4, 0.5) is 0 Å². The van der Waals surface area contributed by atoms with Crippen LogP contribution in [0.15, 0.2) is 54.6 Å². The fraction of sp³-hybridized carbons (Fsp3) is 0.533. The lowest BCUT2D eigenvalue weighted by molar-refractivity contribution is -0.131. The van der Waals surface area contributed by atoms with E-state index in [0.29, 0.717) is 38.5 Å². The van der Waals surface area contributed by atoms with Gasteiger partial charge >= 0.3 is 0 Å². The summed E-state index contributed by atoms with van der Waals surface area (Å²) in [7, 11) is 0. The van der Waals surface area contributed by atoms with Gasteiger partial charge in [0.05, 0.1) is 42.0 Å². The Morgan fingerprint density at radius 2 is 1.29 bits per heavy atom. The minimum Gasteiger partial charge on any atom is -0.375 e. The highest BCUT2D eigenvalue weighted by molar-refractivity contribution is 8.93. The predicted molar refractivity (Wildman–Crippen MR) is 157 cm³/mol. The second-order valence-corrected chi connectivity index (χ2v) is 12.1. The second kappa shape index (κ2) is 12.2. The Morgan fingerprint density at radius 1 is 0.816 bits per heavy atom. The number of likely N-dealkylation sites (tertiary alicyclic amines) is 1. The molecule has 0 radical (unpaired) electrons. The summed E-state index contributed by atoms with van der Waals surface area (Å²) in [6.07, 6.45) is 0. The molecule has 3 aromatic rings. The number of hydrogen-bond acceptors (Lipinski definition) is 4. The van der Waals surface area contributed by atoms with Crippen LogP contribution in [0.5, 0.6) is 0 Å². The molecule has 0 saturated carbocycles. The van der Waals surface area contributed by atoms with E-state index in [9.17, 15) is 4.79 Å². The summed E-state index contributed by atoms with van der Waals surface area (Å²) < 4.78 is 16.1. The Morgan fingerprint density at radius 3 is 1.79 bits per heavy atom. The molecule has 1 saturated heterocycles. The Hall–Kier alpha value is -2.42. The minimum absolute atomic E-state index is 0. The molecule has 4 rings (SSSR count). The largest absolute Gasteiger partial charge is 0.375 e. The summed E-state index contributed by atoms with van der Waals surface area (Å²) in [5.74, 6) is 0.455. The van der Waals surface area contributed by atoms with Crippen LogP contribution in [0.1, 0.15) is 47.1 Å². The summed E-state index contributed by atoms with van der Waals surface area (Å²) in [5.41, 5.74) is 2.85. The third-order valence-corrected chi connectivity index (χ3v) is 6.84. The van der Waals surface area contributed by atoms with Gasteiger partial charge in [-0.1, -0.05) is 42.5 Å². The van der Waals surface area contributed by atoms with E-state index in [1.807, 2.05) is 56.5 Å². The highest BCUT2D eigenvalue weighted by Crippen LogP contribution is 2.28. The highest BCUT2D eigenvalue weighted by Gasteiger charge is 2.37. The van der Waals surface area contributed by atoms with Crippen LogP contribution < -0.4 is 5.62 Å². The molecular weight excluding hydrogens is 544 g/mol. The molecule has 7 nitrogen and oxygen atoms in total. The number of amides is 1. The summed E-state index contributed by atoms with van der Waals surface area (Å²) in [4.78, 5) is 15.5. The van der Waals surface area contributed by atoms with Crippen LogP contribution >= 0.6 is 17.0 Å². The monoisotopic (exact) mass is 586 g/mol. The van der Waals surface area contributed by atoms with E-state index in [0.717, 1.165) is 16.6 Å². The van der Waals surface area contributed by atoms with Gasteiger partial charge in [0.1, 0.15) is 6.54 Å². The molecule has 0 spiro atoms. The molecule has 1 fully saturated rings. The van der Waals surface area contributed by atoms with Crippen molar-refractivity contribution in [2.45, 2.75) is 65.8 Å². The molecule has 38 heavy (non-hydrogen) atoms. The molecule has 1 N–H and O–H groups in total. The number of hydrogen-bond donors (Lipinski definition) is 1. The van der Waals surface area contributed by atoms with Crippen molar-refractivity contribution in [1.82, 2.24) is 14.0 Å². The first kappa shape index (κ1) is 30.1. The third-order valence-electron chi connectivity index (χ3n) is 6.84. The van der Waals surface area contributed by atoms with Crippen LogP contribution in [0, 0.1) is 17.2 Å². The van der Waals surface area contributed by atoms with Gasteiger partial charge in [0.2, 0.25) is 11.5 Å². The Kier molecular flexibility index (Phi) is 9.66. The Labute approximate surface area is 237 Å². The molecular formula is C30H43BrN4O3. The summed E-state index contributed by atoms with van der Waals surface area (Å²) in [6, 6.07) is 18.1. The maximum absolute atomic E-state index is 13.6. The molecule has 0 bridgehead atoms. The minimum atomic E-state index is -0.233. The number of carbonyl (C=O) groups excluding carboxylic acids is 1. The molecule has 0 aliphatic carbocycles. The van der Waals surface area contributed by atoms with Gasteiger partial charge in [0, 0.05) is 24.9 Å². The molecule has 2 unspecified atom stereocenters. The molecule has 1 aliphatic heterocycles. The fourth-order valence-corrected chi connectivity index (χ4v) is 4.85. The topological polar surface area (TPSA) is 72.5 Å². The van der Waals surface area contributed by atoms with Crippen LogP contribution in [0.2, 0.25) is 0 Å². The average Bonchev–Trinajstić information content (AvgIpc) is 3.36. The summed E-state index contributed by atoms with van der Waals surface area (Å²) in [5, 5.41) is 8.95. The first-order chi connectivity index (χ1) is 17.4. The number of para-hydroxylation sites is 2. The molecule has 2 atom stereocenters. The lowest BCUT2D eigenvalue weighted by Crippen LogP contribution is -2.36. The van der Waals surface area contributed by atoms with Crippen LogP contribution in [-0.2, 0) is 27.4 Å². The van der Waals surface area contributed by atoms with Crippen molar-refractivity contribution in [3.8, 4) is 0 Å². The molecule has 8 heteroatoms. The number of rotatable bonds is 8. The van der Waals surface area contributed by atoms with E-state index in [1.54, 1.807) is 0 Å². The zero-order valence-corrected chi connectivity index (χ0v) is 25.3. The van der Waals surface area contributed by atoms with Gasteiger partial charge in [-0.2, -0.15) is 0 Å². The second-order valence-electron chi connectivity index (χ2n) is 12.1. The third kappa shape index (κ3) is 7.58. The van der Waals surface area contributed by atoms with E-state index < -0.39 is 0 Å². The highest BCUT2D eigenvalue weighted by atomic mass is 79.9. The number of aromatic nitrogens is 2. The summed E-state index contributed by atoms with van der Waals surface area (Å²) >= 11 is 0. The number of benzene rings is 2. The summed E-state index contributed by atoms with van der Waals surface area (Å²) in [6.45, 7) is 15.6. The van der Waals surface area contributed by atoms with Gasteiger partial charge in [-0.3, -0.25) is 10.2 Å². The molecule has 1 aliphatic rings. The van der Waals surface area contributed by atoms with Gasteiger partial charge in [-0.05, 0) is 59.2 Å². The van der Waals surface area contributed by atoms with Crippen molar-refractivity contribution in [2.24, 2.45) is 11.8 Å². The smallest absolute Gasteiger partial charge is 0.242 e. The molecule has 1 amide bonds. The van der Waals surface area contributed by atoms with Crippen molar-refractivity contribution in [2.75, 3.05) is 26.3 Å². The molecule has 2 heterocycles. The first-order valence-corrected chi connectivity index (χ1v) is 13.2. The number of imidazole rings is 1. The van der Waals surface area contributed by atoms with Crippen molar-refractivity contribution in [1.29, 1.82) is 5.41 Å². The Bertz CT molecular complexity index is 1240. The SMILES string of the molecule is Br.CC(C)(C)OCC1CN(C(=O)Cn2c(=N)n(Cc3ccccc3)c3ccccc32)CC1COC(C)(C)C. The lowest BCUT2D eigenvalue weighted by Gasteiger charge is -2.27. The molecule has 1 aromatic heterocycles. The van der Waals surface area contributed by atoms with Crippen LogP contribution in [-0.4, -0.2) is 57.4 Å². The van der Waals surface area contributed by atoms with E-state index in [2.05, 4.69) is 53.7 Å². The van der Waals surface area contributed by atoms with Crippen LogP contribution in [0.3, 0.4) is 0 Å². The van der Waals surface area contributed by atoms with Crippen molar-refractivity contribution < 1.29 is 14.3 Å². The zero-order valence-electron chi connectivity index (χ0n) is 23.6. The normalized spacial score (nSPS) is 18.1. The maximum atomic E-state index is 13.6. The lowest BCUT2D eigenvalue weighted by atomic mass is 9.97. The van der Waals surface area contributed by atoms with Crippen molar-refractivity contribution in [3.63, 3.8) is 0 Å². The van der Waals surface area contributed by atoms with Crippen molar-refractivity contribution >= 4 is 33.9 Å². The van der Waals surface area contributed by atoms with E-state index >= 15 is 0 Å². The molecule has 208 valence electrons. The standard InChI is InChI=1S/C30H42N4O3.BrH/c1-29(2,3)36-20-23-17-32(18-24(23)21-37-30(4,5)6)27(35)19-34-26-15-11-10-14-25(26)33(28(34)31)16-22-12-8-7-9-13-22;/h7-15,23-24,31H,16-21H2,1-6H3;1H. The van der Waals surface area contributed by atoms with Gasteiger partial charge in [0.25, 0.3) is 0 Å². The number of halogens is 1. The van der Waals surface area contributed by atoms with Crippen molar-refractivity contribution in [3.05, 3.63) is 65.8 Å². The quantitative estimate of drug-likeness (QED) is 0.391. The number of nitrogens with one attached hydrogen (secondary N) is 1. The Balaban J connectivity index is 0.00000400. The number of ether oxygens (including phenoxy) is 2. The van der Waals surface area contributed by atoms with Gasteiger partial charge in [0.15, 0.2) is 0 Å². The fourth-order valence-electron chi connectivity index (χ4n) is 4.85. The zero-order chi connectivity index (χ0) is 26.8. The number of carbonyl (C=O) groups is 1. The predicted octanol–water partition coefficient (Wildman–Crippen LogP) is 5.25. The van der Waals surface area contributed by atoms with Gasteiger partial charge in [-0.15, -0.1) is 17.0 Å². The number of fused-ring (bicyclic) bond motifs is 1. The maximum Gasteiger partial charge on any atom is 0.242 e. The van der Waals surface area contributed by atoms with E-state index in [1.165, 1.54) is 0 Å². The average molecular weight is 588 g/mol. The van der Waals surface area contributed by atoms with E-state index in [4.69, 9.17) is 14.9 Å². The van der Waals surface area contributed by atoms with Gasteiger partial charge in [-0.25, -0.2) is 0 Å².